The van der Waals surface area contributed by atoms with Gasteiger partial charge in [-0.3, -0.25) is 4.79 Å². The first kappa shape index (κ1) is 15.5. The van der Waals surface area contributed by atoms with Crippen LogP contribution in [-0.2, 0) is 0 Å². The molecular formula is C13H16F3NO2. The van der Waals surface area contributed by atoms with Gasteiger partial charge in [0.15, 0.2) is 17.5 Å². The van der Waals surface area contributed by atoms with Gasteiger partial charge in [-0.25, -0.2) is 13.2 Å². The average Bonchev–Trinajstić information content (AvgIpc) is 2.36. The van der Waals surface area contributed by atoms with E-state index < -0.39 is 34.5 Å². The molecule has 0 saturated heterocycles. The molecule has 0 bridgehead atoms. The maximum Gasteiger partial charge on any atom is 0.254 e. The van der Waals surface area contributed by atoms with Crippen LogP contribution >= 0.6 is 0 Å². The van der Waals surface area contributed by atoms with Crippen LogP contribution < -0.4 is 5.32 Å². The summed E-state index contributed by atoms with van der Waals surface area (Å²) in [4.78, 5) is 11.9. The summed E-state index contributed by atoms with van der Waals surface area (Å²) in [7, 11) is 0. The SMILES string of the molecule is CCC(C)(CCO)NC(=O)c1ccc(F)c(F)c1F. The summed E-state index contributed by atoms with van der Waals surface area (Å²) in [6.45, 7) is 3.32. The predicted octanol–water partition coefficient (Wildman–Crippen LogP) is 2.38. The average molecular weight is 275 g/mol. The third-order valence-electron chi connectivity index (χ3n) is 3.14. The van der Waals surface area contributed by atoms with Crippen LogP contribution in [0.3, 0.4) is 0 Å². The first-order valence-electron chi connectivity index (χ1n) is 5.91. The number of halogens is 3. The summed E-state index contributed by atoms with van der Waals surface area (Å²) < 4.78 is 39.3. The third-order valence-corrected chi connectivity index (χ3v) is 3.14. The zero-order valence-electron chi connectivity index (χ0n) is 10.8. The van der Waals surface area contributed by atoms with Crippen LogP contribution in [-0.4, -0.2) is 23.2 Å². The van der Waals surface area contributed by atoms with Gasteiger partial charge in [-0.15, -0.1) is 0 Å². The number of hydrogen-bond donors (Lipinski definition) is 2. The van der Waals surface area contributed by atoms with Gasteiger partial charge < -0.3 is 10.4 Å². The normalized spacial score (nSPS) is 14.0. The van der Waals surface area contributed by atoms with Crippen LogP contribution in [0.15, 0.2) is 12.1 Å². The largest absolute Gasteiger partial charge is 0.396 e. The Hall–Kier alpha value is -1.56. The summed E-state index contributed by atoms with van der Waals surface area (Å²) in [5, 5.41) is 11.4. The molecule has 0 aliphatic carbocycles. The Labute approximate surface area is 109 Å². The molecule has 0 aliphatic heterocycles. The van der Waals surface area contributed by atoms with Crippen molar-refractivity contribution in [2.45, 2.75) is 32.2 Å². The molecule has 1 rings (SSSR count). The number of amides is 1. The fourth-order valence-electron chi connectivity index (χ4n) is 1.62. The molecule has 106 valence electrons. The van der Waals surface area contributed by atoms with E-state index in [0.29, 0.717) is 12.5 Å². The molecule has 0 spiro atoms. The molecule has 0 aliphatic rings. The van der Waals surface area contributed by atoms with E-state index >= 15 is 0 Å². The molecule has 19 heavy (non-hydrogen) atoms. The van der Waals surface area contributed by atoms with E-state index in [4.69, 9.17) is 5.11 Å². The molecule has 0 aromatic heterocycles. The molecule has 1 aromatic rings. The van der Waals surface area contributed by atoms with Crippen molar-refractivity contribution in [1.82, 2.24) is 5.32 Å². The number of rotatable bonds is 5. The number of hydrogen-bond acceptors (Lipinski definition) is 2. The topological polar surface area (TPSA) is 49.3 Å². The van der Waals surface area contributed by atoms with Crippen molar-refractivity contribution < 1.29 is 23.1 Å². The van der Waals surface area contributed by atoms with E-state index in [1.807, 2.05) is 0 Å². The molecule has 1 amide bonds. The summed E-state index contributed by atoms with van der Waals surface area (Å²) in [6, 6.07) is 1.58. The number of aliphatic hydroxyl groups excluding tert-OH is 1. The maximum atomic E-state index is 13.5. The smallest absolute Gasteiger partial charge is 0.254 e. The van der Waals surface area contributed by atoms with E-state index in [2.05, 4.69) is 5.32 Å². The lowest BCUT2D eigenvalue weighted by atomic mass is 9.94. The van der Waals surface area contributed by atoms with Crippen molar-refractivity contribution in [3.63, 3.8) is 0 Å². The molecule has 0 radical (unpaired) electrons. The zero-order chi connectivity index (χ0) is 14.6. The fraction of sp³-hybridized carbons (Fsp3) is 0.462. The van der Waals surface area contributed by atoms with Crippen LogP contribution in [0.5, 0.6) is 0 Å². The van der Waals surface area contributed by atoms with Crippen LogP contribution in [0.2, 0.25) is 0 Å². The Morgan fingerprint density at radius 3 is 2.47 bits per heavy atom. The lowest BCUT2D eigenvalue weighted by molar-refractivity contribution is 0.0880. The van der Waals surface area contributed by atoms with Crippen LogP contribution in [0.25, 0.3) is 0 Å². The van der Waals surface area contributed by atoms with Crippen molar-refractivity contribution in [3.05, 3.63) is 35.1 Å². The van der Waals surface area contributed by atoms with E-state index in [-0.39, 0.29) is 13.0 Å². The van der Waals surface area contributed by atoms with E-state index in [1.54, 1.807) is 13.8 Å². The van der Waals surface area contributed by atoms with Gasteiger partial charge in [-0.1, -0.05) is 6.92 Å². The first-order valence-corrected chi connectivity index (χ1v) is 5.91. The van der Waals surface area contributed by atoms with E-state index in [9.17, 15) is 18.0 Å². The highest BCUT2D eigenvalue weighted by atomic mass is 19.2. The summed E-state index contributed by atoms with van der Waals surface area (Å²) in [6.07, 6.45) is 0.783. The van der Waals surface area contributed by atoms with Gasteiger partial charge in [0.25, 0.3) is 5.91 Å². The summed E-state index contributed by atoms with van der Waals surface area (Å²) in [5.74, 6) is -5.37. The Balaban J connectivity index is 2.99. The van der Waals surface area contributed by atoms with Gasteiger partial charge in [0, 0.05) is 12.1 Å². The Morgan fingerprint density at radius 1 is 1.32 bits per heavy atom. The lowest BCUT2D eigenvalue weighted by Gasteiger charge is -2.29. The number of carbonyl (C=O) groups is 1. The van der Waals surface area contributed by atoms with Crippen LogP contribution in [0, 0.1) is 17.5 Å². The molecule has 1 unspecified atom stereocenters. The Morgan fingerprint density at radius 2 is 1.95 bits per heavy atom. The summed E-state index contributed by atoms with van der Waals surface area (Å²) in [5.41, 5.74) is -1.29. The van der Waals surface area contributed by atoms with E-state index in [1.165, 1.54) is 0 Å². The number of benzene rings is 1. The summed E-state index contributed by atoms with van der Waals surface area (Å²) >= 11 is 0. The van der Waals surface area contributed by atoms with Gasteiger partial charge >= 0.3 is 0 Å². The quantitative estimate of drug-likeness (QED) is 0.811. The molecular weight excluding hydrogens is 259 g/mol. The van der Waals surface area contributed by atoms with Crippen molar-refractivity contribution >= 4 is 5.91 Å². The molecule has 0 fully saturated rings. The van der Waals surface area contributed by atoms with Gasteiger partial charge in [-0.2, -0.15) is 0 Å². The second-order valence-corrected chi connectivity index (χ2v) is 4.56. The molecule has 6 heteroatoms. The van der Waals surface area contributed by atoms with E-state index in [0.717, 1.165) is 6.07 Å². The van der Waals surface area contributed by atoms with Gasteiger partial charge in [0.05, 0.1) is 5.56 Å². The first-order chi connectivity index (χ1) is 8.84. The number of aliphatic hydroxyl groups is 1. The minimum atomic E-state index is -1.67. The van der Waals surface area contributed by atoms with Crippen molar-refractivity contribution in [2.24, 2.45) is 0 Å². The second kappa shape index (κ2) is 6.06. The van der Waals surface area contributed by atoms with Gasteiger partial charge in [0.2, 0.25) is 0 Å². The Bertz CT molecular complexity index is 479. The zero-order valence-corrected chi connectivity index (χ0v) is 10.8. The number of carbonyl (C=O) groups excluding carboxylic acids is 1. The molecule has 1 aromatic carbocycles. The lowest BCUT2D eigenvalue weighted by Crippen LogP contribution is -2.46. The Kier molecular flexibility index (Phi) is 4.94. The highest BCUT2D eigenvalue weighted by molar-refractivity contribution is 5.95. The minimum Gasteiger partial charge on any atom is -0.396 e. The monoisotopic (exact) mass is 275 g/mol. The molecule has 0 saturated carbocycles. The van der Waals surface area contributed by atoms with Crippen LogP contribution in [0.1, 0.15) is 37.0 Å². The maximum absolute atomic E-state index is 13.5. The van der Waals surface area contributed by atoms with Crippen molar-refractivity contribution in [1.29, 1.82) is 0 Å². The second-order valence-electron chi connectivity index (χ2n) is 4.56. The van der Waals surface area contributed by atoms with Crippen LogP contribution in [0.4, 0.5) is 13.2 Å². The highest BCUT2D eigenvalue weighted by Gasteiger charge is 2.27. The fourth-order valence-corrected chi connectivity index (χ4v) is 1.62. The van der Waals surface area contributed by atoms with Gasteiger partial charge in [0.1, 0.15) is 0 Å². The number of nitrogens with one attached hydrogen (secondary N) is 1. The van der Waals surface area contributed by atoms with Crippen molar-refractivity contribution in [3.8, 4) is 0 Å². The standard InChI is InChI=1S/C13H16F3NO2/c1-3-13(2,6-7-18)17-12(19)8-4-5-9(14)11(16)10(8)15/h4-5,18H,3,6-7H2,1-2H3,(H,17,19). The minimum absolute atomic E-state index is 0.148. The molecule has 1 atom stereocenters. The van der Waals surface area contributed by atoms with Crippen molar-refractivity contribution in [2.75, 3.05) is 6.61 Å². The molecule has 3 nitrogen and oxygen atoms in total. The highest BCUT2D eigenvalue weighted by Crippen LogP contribution is 2.18. The van der Waals surface area contributed by atoms with Gasteiger partial charge in [-0.05, 0) is 31.9 Å². The molecule has 2 N–H and O–H groups in total. The molecule has 0 heterocycles. The predicted molar refractivity (Wildman–Crippen MR) is 64.2 cm³/mol. The third kappa shape index (κ3) is 3.47.